The maximum absolute atomic E-state index is 12.3. The third-order valence-corrected chi connectivity index (χ3v) is 4.66. The number of thioether (sulfide) groups is 1. The number of aromatic nitrogens is 4. The van der Waals surface area contributed by atoms with Crippen LogP contribution in [0.25, 0.3) is 11.4 Å². The van der Waals surface area contributed by atoms with Crippen LogP contribution in [0.3, 0.4) is 0 Å². The molecule has 0 saturated heterocycles. The van der Waals surface area contributed by atoms with Crippen LogP contribution >= 0.6 is 11.8 Å². The number of hydrogen-bond acceptors (Lipinski definition) is 5. The number of carbonyl (C=O) groups is 1. The fourth-order valence-electron chi connectivity index (χ4n) is 2.22. The zero-order chi connectivity index (χ0) is 17.6. The van der Waals surface area contributed by atoms with Gasteiger partial charge < -0.3 is 5.32 Å². The second kappa shape index (κ2) is 7.94. The molecule has 2 heterocycles. The summed E-state index contributed by atoms with van der Waals surface area (Å²) in [5.74, 6) is 0.581. The molecule has 1 unspecified atom stereocenters. The number of nitrogens with zero attached hydrogens (tertiary/aromatic N) is 3. The fourth-order valence-corrected chi connectivity index (χ4v) is 2.94. The molecule has 2 N–H and O–H groups in total. The first-order valence-corrected chi connectivity index (χ1v) is 8.93. The summed E-state index contributed by atoms with van der Waals surface area (Å²) >= 11 is 1.31. The molecule has 0 spiro atoms. The summed E-state index contributed by atoms with van der Waals surface area (Å²) in [5, 5.41) is 10.2. The van der Waals surface area contributed by atoms with Gasteiger partial charge in [0.2, 0.25) is 11.1 Å². The first-order chi connectivity index (χ1) is 12.2. The van der Waals surface area contributed by atoms with E-state index in [-0.39, 0.29) is 11.2 Å². The van der Waals surface area contributed by atoms with Crippen LogP contribution in [0.4, 0.5) is 5.69 Å². The zero-order valence-corrected chi connectivity index (χ0v) is 14.9. The molecule has 2 aromatic heterocycles. The number of pyridine rings is 1. The van der Waals surface area contributed by atoms with Gasteiger partial charge in [-0.25, -0.2) is 4.98 Å². The molecule has 7 heteroatoms. The summed E-state index contributed by atoms with van der Waals surface area (Å²) in [7, 11) is 0. The van der Waals surface area contributed by atoms with Gasteiger partial charge in [-0.1, -0.05) is 30.8 Å². The van der Waals surface area contributed by atoms with Crippen molar-refractivity contribution < 1.29 is 4.79 Å². The fraction of sp³-hybridized carbons (Fsp3) is 0.222. The van der Waals surface area contributed by atoms with Crippen LogP contribution < -0.4 is 5.32 Å². The molecule has 1 aromatic carbocycles. The lowest BCUT2D eigenvalue weighted by Crippen LogP contribution is -2.22. The molecule has 0 fully saturated rings. The van der Waals surface area contributed by atoms with Gasteiger partial charge in [-0.15, -0.1) is 5.10 Å². The molecule has 6 nitrogen and oxygen atoms in total. The third-order valence-electron chi connectivity index (χ3n) is 3.70. The van der Waals surface area contributed by atoms with Crippen LogP contribution in [0, 0.1) is 0 Å². The van der Waals surface area contributed by atoms with Crippen LogP contribution in [0.5, 0.6) is 0 Å². The van der Waals surface area contributed by atoms with Crippen molar-refractivity contribution >= 4 is 23.4 Å². The van der Waals surface area contributed by atoms with E-state index in [1.807, 2.05) is 43.3 Å². The van der Waals surface area contributed by atoms with E-state index in [2.05, 4.69) is 32.4 Å². The van der Waals surface area contributed by atoms with Crippen molar-refractivity contribution in [1.82, 2.24) is 20.2 Å². The lowest BCUT2D eigenvalue weighted by molar-refractivity contribution is -0.115. The van der Waals surface area contributed by atoms with E-state index in [9.17, 15) is 4.79 Å². The number of benzene rings is 1. The van der Waals surface area contributed by atoms with E-state index >= 15 is 0 Å². The molecule has 0 saturated carbocycles. The maximum atomic E-state index is 12.3. The molecule has 128 valence electrons. The van der Waals surface area contributed by atoms with Gasteiger partial charge >= 0.3 is 0 Å². The quantitative estimate of drug-likeness (QED) is 0.662. The molecule has 0 aliphatic rings. The summed E-state index contributed by atoms with van der Waals surface area (Å²) in [6.45, 7) is 3.94. The predicted octanol–water partition coefficient (Wildman–Crippen LogP) is 3.55. The highest BCUT2D eigenvalue weighted by Gasteiger charge is 2.17. The number of aromatic amines is 1. The minimum Gasteiger partial charge on any atom is -0.325 e. The highest BCUT2D eigenvalue weighted by atomic mass is 32.2. The molecule has 25 heavy (non-hydrogen) atoms. The van der Waals surface area contributed by atoms with Crippen molar-refractivity contribution in [3.05, 3.63) is 54.4 Å². The van der Waals surface area contributed by atoms with Crippen molar-refractivity contribution in [2.45, 2.75) is 30.7 Å². The molecule has 1 atom stereocenters. The molecule has 0 aliphatic heterocycles. The highest BCUT2D eigenvalue weighted by Crippen LogP contribution is 2.23. The third kappa shape index (κ3) is 4.45. The Labute approximate surface area is 150 Å². The largest absolute Gasteiger partial charge is 0.325 e. The molecule has 0 aliphatic carbocycles. The van der Waals surface area contributed by atoms with Gasteiger partial charge in [-0.05, 0) is 43.2 Å². The smallest absolute Gasteiger partial charge is 0.237 e. The normalized spacial score (nSPS) is 11.9. The van der Waals surface area contributed by atoms with Crippen LogP contribution in [0.1, 0.15) is 19.4 Å². The number of H-pyrrole nitrogens is 1. The van der Waals surface area contributed by atoms with E-state index in [1.165, 1.54) is 17.3 Å². The van der Waals surface area contributed by atoms with E-state index in [0.29, 0.717) is 11.0 Å². The predicted molar refractivity (Wildman–Crippen MR) is 99.4 cm³/mol. The summed E-state index contributed by atoms with van der Waals surface area (Å²) in [5.41, 5.74) is 2.94. The van der Waals surface area contributed by atoms with Gasteiger partial charge in [0, 0.05) is 23.6 Å². The summed E-state index contributed by atoms with van der Waals surface area (Å²) in [4.78, 5) is 20.7. The van der Waals surface area contributed by atoms with Crippen molar-refractivity contribution in [2.75, 3.05) is 5.32 Å². The number of carbonyl (C=O) groups excluding carboxylic acids is 1. The summed E-state index contributed by atoms with van der Waals surface area (Å²) in [6.07, 6.45) is 4.38. The Bertz CT molecular complexity index is 832. The standard InChI is InChI=1S/C18H19N5OS/c1-3-13-4-6-15(7-5-13)20-17(24)12(2)25-18-21-16(22-23-18)14-8-10-19-11-9-14/h4-12H,3H2,1-2H3,(H,20,24)(H,21,22,23). The average Bonchev–Trinajstić information content (AvgIpc) is 3.11. The van der Waals surface area contributed by atoms with Crippen molar-refractivity contribution in [1.29, 1.82) is 0 Å². The van der Waals surface area contributed by atoms with Crippen LogP contribution in [-0.4, -0.2) is 31.3 Å². The van der Waals surface area contributed by atoms with Gasteiger partial charge in [0.1, 0.15) is 0 Å². The van der Waals surface area contributed by atoms with Gasteiger partial charge in [0.05, 0.1) is 5.25 Å². The second-order valence-electron chi connectivity index (χ2n) is 5.50. The molecule has 0 radical (unpaired) electrons. The number of rotatable bonds is 6. The van der Waals surface area contributed by atoms with Crippen molar-refractivity contribution in [2.24, 2.45) is 0 Å². The van der Waals surface area contributed by atoms with Gasteiger partial charge in [-0.2, -0.15) is 0 Å². The average molecular weight is 353 g/mol. The molecule has 3 aromatic rings. The maximum Gasteiger partial charge on any atom is 0.237 e. The molecule has 3 rings (SSSR count). The van der Waals surface area contributed by atoms with E-state index < -0.39 is 0 Å². The number of aryl methyl sites for hydroxylation is 1. The van der Waals surface area contributed by atoms with Gasteiger partial charge in [0.15, 0.2) is 5.82 Å². The Kier molecular flexibility index (Phi) is 5.45. The van der Waals surface area contributed by atoms with E-state index in [4.69, 9.17) is 0 Å². The molecule has 0 bridgehead atoms. The Morgan fingerprint density at radius 3 is 2.60 bits per heavy atom. The topological polar surface area (TPSA) is 83.6 Å². The van der Waals surface area contributed by atoms with E-state index in [1.54, 1.807) is 12.4 Å². The van der Waals surface area contributed by atoms with Gasteiger partial charge in [-0.3, -0.25) is 14.9 Å². The van der Waals surface area contributed by atoms with E-state index in [0.717, 1.165) is 17.7 Å². The SMILES string of the molecule is CCc1ccc(NC(=O)C(C)Sc2n[nH]c(-c3ccncc3)n2)cc1. The number of nitrogens with one attached hydrogen (secondary N) is 2. The number of hydrogen-bond donors (Lipinski definition) is 2. The lowest BCUT2D eigenvalue weighted by atomic mass is 10.1. The first-order valence-electron chi connectivity index (χ1n) is 8.05. The molecule has 1 amide bonds. The summed E-state index contributed by atoms with van der Waals surface area (Å²) in [6, 6.07) is 11.6. The molecular weight excluding hydrogens is 334 g/mol. The highest BCUT2D eigenvalue weighted by molar-refractivity contribution is 8.00. The first kappa shape index (κ1) is 17.2. The Hall–Kier alpha value is -2.67. The Morgan fingerprint density at radius 1 is 1.20 bits per heavy atom. The number of anilines is 1. The lowest BCUT2D eigenvalue weighted by Gasteiger charge is -2.10. The minimum absolute atomic E-state index is 0.0792. The minimum atomic E-state index is -0.313. The Morgan fingerprint density at radius 2 is 1.92 bits per heavy atom. The second-order valence-corrected chi connectivity index (χ2v) is 6.81. The van der Waals surface area contributed by atoms with Crippen LogP contribution in [-0.2, 0) is 11.2 Å². The summed E-state index contributed by atoms with van der Waals surface area (Å²) < 4.78 is 0. The zero-order valence-electron chi connectivity index (χ0n) is 14.1. The van der Waals surface area contributed by atoms with Gasteiger partial charge in [0.25, 0.3) is 0 Å². The Balaban J connectivity index is 1.60. The number of amides is 1. The molecular formula is C18H19N5OS. The van der Waals surface area contributed by atoms with Crippen LogP contribution in [0.15, 0.2) is 53.9 Å². The van der Waals surface area contributed by atoms with Crippen molar-refractivity contribution in [3.8, 4) is 11.4 Å². The van der Waals surface area contributed by atoms with Crippen LogP contribution in [0.2, 0.25) is 0 Å². The van der Waals surface area contributed by atoms with Crippen molar-refractivity contribution in [3.63, 3.8) is 0 Å². The monoisotopic (exact) mass is 353 g/mol.